The van der Waals surface area contributed by atoms with Gasteiger partial charge in [-0.25, -0.2) is 4.79 Å². The van der Waals surface area contributed by atoms with E-state index in [0.717, 1.165) is 12.8 Å². The first-order valence-electron chi connectivity index (χ1n) is 8.01. The lowest BCUT2D eigenvalue weighted by molar-refractivity contribution is -0.142. The van der Waals surface area contributed by atoms with Crippen molar-refractivity contribution in [3.05, 3.63) is 12.2 Å². The maximum absolute atomic E-state index is 11.7. The predicted molar refractivity (Wildman–Crippen MR) is 83.4 cm³/mol. The molecule has 0 aliphatic carbocycles. The molecule has 1 heterocycles. The zero-order chi connectivity index (χ0) is 17.2. The second kappa shape index (κ2) is 9.76. The third-order valence-electron chi connectivity index (χ3n) is 3.67. The van der Waals surface area contributed by atoms with Gasteiger partial charge in [0.15, 0.2) is 0 Å². The van der Waals surface area contributed by atoms with Crippen LogP contribution >= 0.6 is 0 Å². The molecule has 1 rings (SSSR count). The average molecular weight is 324 g/mol. The molecule has 0 aromatic heterocycles. The van der Waals surface area contributed by atoms with Gasteiger partial charge in [-0.1, -0.05) is 26.2 Å². The minimum atomic E-state index is -1.01. The fourth-order valence-corrected chi connectivity index (χ4v) is 2.32. The minimum Gasteiger partial charge on any atom is -0.480 e. The molecular weight excluding hydrogens is 300 g/mol. The normalized spacial score (nSPS) is 15.1. The van der Waals surface area contributed by atoms with Crippen LogP contribution in [0.3, 0.4) is 0 Å². The Morgan fingerprint density at radius 3 is 2.35 bits per heavy atom. The summed E-state index contributed by atoms with van der Waals surface area (Å²) in [6.07, 6.45) is 6.72. The zero-order valence-corrected chi connectivity index (χ0v) is 13.4. The van der Waals surface area contributed by atoms with E-state index in [1.165, 1.54) is 17.1 Å². The smallest absolute Gasteiger partial charge is 0.326 e. The van der Waals surface area contributed by atoms with E-state index >= 15 is 0 Å². The number of amides is 3. The van der Waals surface area contributed by atoms with Crippen LogP contribution in [0.1, 0.15) is 51.9 Å². The SMILES string of the molecule is CCCCC(NC(=O)CCCCCN1C(=O)C=CC1=O)C(=O)O. The first-order chi connectivity index (χ1) is 11.0. The van der Waals surface area contributed by atoms with Crippen molar-refractivity contribution in [2.75, 3.05) is 6.54 Å². The van der Waals surface area contributed by atoms with Crippen LogP contribution in [0, 0.1) is 0 Å². The van der Waals surface area contributed by atoms with Crippen LogP contribution in [0.15, 0.2) is 12.2 Å². The lowest BCUT2D eigenvalue weighted by Gasteiger charge is -2.15. The largest absolute Gasteiger partial charge is 0.480 e. The number of imide groups is 1. The Kier molecular flexibility index (Phi) is 8.01. The van der Waals surface area contributed by atoms with E-state index in [-0.39, 0.29) is 24.1 Å². The van der Waals surface area contributed by atoms with Gasteiger partial charge in [-0.05, 0) is 19.3 Å². The van der Waals surface area contributed by atoms with Gasteiger partial charge in [0.05, 0.1) is 0 Å². The van der Waals surface area contributed by atoms with Gasteiger partial charge in [0.1, 0.15) is 6.04 Å². The van der Waals surface area contributed by atoms with Crippen molar-refractivity contribution in [1.29, 1.82) is 0 Å². The highest BCUT2D eigenvalue weighted by Gasteiger charge is 2.22. The van der Waals surface area contributed by atoms with Gasteiger partial charge in [-0.3, -0.25) is 19.3 Å². The molecule has 1 unspecified atom stereocenters. The molecule has 23 heavy (non-hydrogen) atoms. The molecule has 1 aliphatic rings. The van der Waals surface area contributed by atoms with Gasteiger partial charge in [-0.15, -0.1) is 0 Å². The number of aliphatic carboxylic acids is 1. The zero-order valence-electron chi connectivity index (χ0n) is 13.4. The van der Waals surface area contributed by atoms with Gasteiger partial charge in [0.2, 0.25) is 5.91 Å². The summed E-state index contributed by atoms with van der Waals surface area (Å²) in [5.74, 6) is -1.88. The summed E-state index contributed by atoms with van der Waals surface area (Å²) in [6, 6.07) is -0.826. The van der Waals surface area contributed by atoms with E-state index in [4.69, 9.17) is 5.11 Å². The molecule has 0 bridgehead atoms. The van der Waals surface area contributed by atoms with Gasteiger partial charge in [-0.2, -0.15) is 0 Å². The molecule has 0 fully saturated rings. The molecule has 0 spiro atoms. The fourth-order valence-electron chi connectivity index (χ4n) is 2.32. The number of rotatable bonds is 11. The van der Waals surface area contributed by atoms with Gasteiger partial charge in [0.25, 0.3) is 11.8 Å². The molecule has 0 radical (unpaired) electrons. The van der Waals surface area contributed by atoms with E-state index in [1.807, 2.05) is 6.92 Å². The van der Waals surface area contributed by atoms with E-state index in [2.05, 4.69) is 5.32 Å². The quantitative estimate of drug-likeness (QED) is 0.439. The molecule has 0 aromatic carbocycles. The van der Waals surface area contributed by atoms with E-state index in [1.54, 1.807) is 0 Å². The van der Waals surface area contributed by atoms with Gasteiger partial charge < -0.3 is 10.4 Å². The van der Waals surface area contributed by atoms with E-state index in [9.17, 15) is 19.2 Å². The number of carboxylic acids is 1. The first kappa shape index (κ1) is 18.9. The monoisotopic (exact) mass is 324 g/mol. The van der Waals surface area contributed by atoms with E-state index in [0.29, 0.717) is 32.2 Å². The average Bonchev–Trinajstić information content (AvgIpc) is 2.82. The number of hydrogen-bond acceptors (Lipinski definition) is 4. The first-order valence-corrected chi connectivity index (χ1v) is 8.01. The topological polar surface area (TPSA) is 104 Å². The molecule has 1 atom stereocenters. The number of hydrogen-bond donors (Lipinski definition) is 2. The number of carbonyl (C=O) groups excluding carboxylic acids is 3. The van der Waals surface area contributed by atoms with Crippen LogP contribution < -0.4 is 5.32 Å². The maximum Gasteiger partial charge on any atom is 0.326 e. The van der Waals surface area contributed by atoms with Crippen molar-refractivity contribution < 1.29 is 24.3 Å². The van der Waals surface area contributed by atoms with Crippen LogP contribution in [-0.2, 0) is 19.2 Å². The molecule has 3 amide bonds. The Balaban J connectivity index is 2.17. The highest BCUT2D eigenvalue weighted by atomic mass is 16.4. The summed E-state index contributed by atoms with van der Waals surface area (Å²) in [6.45, 7) is 2.31. The Bertz CT molecular complexity index is 469. The van der Waals surface area contributed by atoms with Crippen LogP contribution in [0.2, 0.25) is 0 Å². The van der Waals surface area contributed by atoms with Gasteiger partial charge >= 0.3 is 5.97 Å². The standard InChI is InChI=1S/C16H24N2O5/c1-2-3-7-12(16(22)23)17-13(19)8-5-4-6-11-18-14(20)9-10-15(18)21/h9-10,12H,2-8,11H2,1H3,(H,17,19)(H,22,23). The lowest BCUT2D eigenvalue weighted by atomic mass is 10.1. The van der Waals surface area contributed by atoms with Crippen molar-refractivity contribution in [3.8, 4) is 0 Å². The predicted octanol–water partition coefficient (Wildman–Crippen LogP) is 1.23. The summed E-state index contributed by atoms with van der Waals surface area (Å²) in [5, 5.41) is 11.6. The third-order valence-corrected chi connectivity index (χ3v) is 3.67. The maximum atomic E-state index is 11.7. The Hall–Kier alpha value is -2.18. The summed E-state index contributed by atoms with van der Waals surface area (Å²) < 4.78 is 0. The van der Waals surface area contributed by atoms with Crippen molar-refractivity contribution in [3.63, 3.8) is 0 Å². The Morgan fingerprint density at radius 1 is 1.13 bits per heavy atom. The molecule has 0 saturated carbocycles. The molecule has 7 heteroatoms. The van der Waals surface area contributed by atoms with Crippen LogP contribution in [0.5, 0.6) is 0 Å². The number of nitrogens with one attached hydrogen (secondary N) is 1. The summed E-state index contributed by atoms with van der Waals surface area (Å²) in [5.41, 5.74) is 0. The summed E-state index contributed by atoms with van der Waals surface area (Å²) in [4.78, 5) is 46.6. The molecule has 0 aromatic rings. The van der Waals surface area contributed by atoms with Crippen LogP contribution in [0.4, 0.5) is 0 Å². The minimum absolute atomic E-state index is 0.246. The van der Waals surface area contributed by atoms with Crippen molar-refractivity contribution in [2.45, 2.75) is 57.9 Å². The highest BCUT2D eigenvalue weighted by molar-refractivity contribution is 6.12. The van der Waals surface area contributed by atoms with Crippen molar-refractivity contribution >= 4 is 23.7 Å². The molecular formula is C16H24N2O5. The van der Waals surface area contributed by atoms with Crippen LogP contribution in [0.25, 0.3) is 0 Å². The molecule has 128 valence electrons. The van der Waals surface area contributed by atoms with Crippen LogP contribution in [-0.4, -0.2) is 46.3 Å². The van der Waals surface area contributed by atoms with Crippen molar-refractivity contribution in [1.82, 2.24) is 10.2 Å². The number of carboxylic acid groups (broad SMARTS) is 1. The molecule has 2 N–H and O–H groups in total. The molecule has 0 saturated heterocycles. The lowest BCUT2D eigenvalue weighted by Crippen LogP contribution is -2.40. The summed E-state index contributed by atoms with van der Waals surface area (Å²) >= 11 is 0. The van der Waals surface area contributed by atoms with Gasteiger partial charge in [0, 0.05) is 25.1 Å². The van der Waals surface area contributed by atoms with E-state index < -0.39 is 12.0 Å². The Labute approximate surface area is 135 Å². The highest BCUT2D eigenvalue weighted by Crippen LogP contribution is 2.08. The summed E-state index contributed by atoms with van der Waals surface area (Å²) in [7, 11) is 0. The second-order valence-corrected chi connectivity index (χ2v) is 5.57. The number of carbonyl (C=O) groups is 4. The molecule has 7 nitrogen and oxygen atoms in total. The number of nitrogens with zero attached hydrogens (tertiary/aromatic N) is 1. The number of unbranched alkanes of at least 4 members (excludes halogenated alkanes) is 3. The third kappa shape index (κ3) is 6.63. The fraction of sp³-hybridized carbons (Fsp3) is 0.625. The molecule has 1 aliphatic heterocycles. The second-order valence-electron chi connectivity index (χ2n) is 5.57. The van der Waals surface area contributed by atoms with Crippen molar-refractivity contribution in [2.24, 2.45) is 0 Å². The Morgan fingerprint density at radius 2 is 1.78 bits per heavy atom.